The maximum atomic E-state index is 12.2. The fourth-order valence-electron chi connectivity index (χ4n) is 2.88. The van der Waals surface area contributed by atoms with Crippen LogP contribution in [0.25, 0.3) is 0 Å². The molecule has 0 aromatic carbocycles. The molecule has 0 aliphatic heterocycles. The smallest absolute Gasteiger partial charge is 0.226 e. The quantitative estimate of drug-likeness (QED) is 0.678. The second-order valence-electron chi connectivity index (χ2n) is 5.37. The summed E-state index contributed by atoms with van der Waals surface area (Å²) in [6.45, 7) is 5.07. The Morgan fingerprint density at radius 1 is 1.28 bits per heavy atom. The van der Waals surface area contributed by atoms with Crippen LogP contribution in [-0.4, -0.2) is 23.9 Å². The minimum Gasteiger partial charge on any atom is -0.329 e. The summed E-state index contributed by atoms with van der Waals surface area (Å²) in [6, 6.07) is 2.08. The Bertz CT molecular complexity index is 287. The molecule has 1 saturated carbocycles. The summed E-state index contributed by atoms with van der Waals surface area (Å²) in [5, 5.41) is 8.71. The van der Waals surface area contributed by atoms with E-state index < -0.39 is 0 Å². The third-order valence-corrected chi connectivity index (χ3v) is 4.12. The molecule has 1 aliphatic rings. The van der Waals surface area contributed by atoms with Crippen molar-refractivity contribution < 1.29 is 4.79 Å². The van der Waals surface area contributed by atoms with Crippen molar-refractivity contribution in [1.82, 2.24) is 4.90 Å². The lowest BCUT2D eigenvalue weighted by atomic mass is 9.79. The maximum Gasteiger partial charge on any atom is 0.226 e. The first kappa shape index (κ1) is 15.0. The Morgan fingerprint density at radius 3 is 2.44 bits per heavy atom. The van der Waals surface area contributed by atoms with Gasteiger partial charge >= 0.3 is 0 Å². The molecular formula is C15H26N2O. The second kappa shape index (κ2) is 8.13. The number of unbranched alkanes of at least 4 members (excludes halogenated alkanes) is 1. The normalized spacial score (nSPS) is 23.4. The van der Waals surface area contributed by atoms with Gasteiger partial charge in [0.05, 0.1) is 6.07 Å². The number of hydrogen-bond donors (Lipinski definition) is 0. The highest BCUT2D eigenvalue weighted by Gasteiger charge is 2.28. The highest BCUT2D eigenvalue weighted by atomic mass is 16.2. The van der Waals surface area contributed by atoms with E-state index in [0.717, 1.165) is 18.8 Å². The number of nitrogens with zero attached hydrogens (tertiary/aromatic N) is 2. The minimum absolute atomic E-state index is 0.177. The van der Waals surface area contributed by atoms with Gasteiger partial charge in [-0.3, -0.25) is 4.79 Å². The number of carbonyl (C=O) groups excluding carboxylic acids is 1. The number of nitriles is 1. The lowest BCUT2D eigenvalue weighted by Gasteiger charge is -2.30. The Hall–Kier alpha value is -1.04. The van der Waals surface area contributed by atoms with Crippen molar-refractivity contribution in [2.24, 2.45) is 11.8 Å². The number of carbonyl (C=O) groups is 1. The van der Waals surface area contributed by atoms with Crippen molar-refractivity contribution >= 4 is 5.91 Å². The molecule has 3 heteroatoms. The molecule has 0 radical (unpaired) electrons. The molecule has 0 spiro atoms. The summed E-state index contributed by atoms with van der Waals surface area (Å²) < 4.78 is 0. The first-order valence-corrected chi connectivity index (χ1v) is 7.38. The lowest BCUT2D eigenvalue weighted by Crippen LogP contribution is -2.37. The van der Waals surface area contributed by atoms with Gasteiger partial charge in [0.25, 0.3) is 0 Å². The Kier molecular flexibility index (Phi) is 6.78. The van der Waals surface area contributed by atoms with Crippen LogP contribution in [0.3, 0.4) is 0 Å². The van der Waals surface area contributed by atoms with Gasteiger partial charge < -0.3 is 4.90 Å². The van der Waals surface area contributed by atoms with E-state index in [2.05, 4.69) is 13.0 Å². The minimum atomic E-state index is 0.177. The molecule has 0 bridgehead atoms. The molecule has 0 unspecified atom stereocenters. The fourth-order valence-corrected chi connectivity index (χ4v) is 2.88. The van der Waals surface area contributed by atoms with Gasteiger partial charge in [-0.05, 0) is 38.5 Å². The first-order chi connectivity index (χ1) is 8.72. The summed E-state index contributed by atoms with van der Waals surface area (Å²) in [4.78, 5) is 13.9. The zero-order chi connectivity index (χ0) is 13.4. The van der Waals surface area contributed by atoms with Crippen LogP contribution >= 0.6 is 0 Å². The predicted octanol–water partition coefficient (Wildman–Crippen LogP) is 3.36. The highest BCUT2D eigenvalue weighted by Crippen LogP contribution is 2.32. The summed E-state index contributed by atoms with van der Waals surface area (Å²) >= 11 is 0. The van der Waals surface area contributed by atoms with Crippen LogP contribution in [0, 0.1) is 23.2 Å². The van der Waals surface area contributed by atoms with E-state index in [1.54, 1.807) is 4.90 Å². The molecule has 1 aliphatic carbocycles. The second-order valence-corrected chi connectivity index (χ2v) is 5.37. The van der Waals surface area contributed by atoms with E-state index >= 15 is 0 Å². The fraction of sp³-hybridized carbons (Fsp3) is 0.867. The molecule has 18 heavy (non-hydrogen) atoms. The molecule has 3 nitrogen and oxygen atoms in total. The van der Waals surface area contributed by atoms with E-state index in [1.807, 2.05) is 6.92 Å². The zero-order valence-corrected chi connectivity index (χ0v) is 11.8. The zero-order valence-electron chi connectivity index (χ0n) is 11.8. The lowest BCUT2D eigenvalue weighted by molar-refractivity contribution is -0.136. The van der Waals surface area contributed by atoms with Gasteiger partial charge in [0.2, 0.25) is 5.91 Å². The van der Waals surface area contributed by atoms with Crippen LogP contribution in [0.4, 0.5) is 0 Å². The molecule has 0 atom stereocenters. The van der Waals surface area contributed by atoms with Gasteiger partial charge in [0, 0.05) is 12.5 Å². The van der Waals surface area contributed by atoms with Crippen LogP contribution in [0.1, 0.15) is 58.8 Å². The Morgan fingerprint density at radius 2 is 1.94 bits per heavy atom. The van der Waals surface area contributed by atoms with Gasteiger partial charge in [-0.1, -0.05) is 26.2 Å². The molecular weight excluding hydrogens is 224 g/mol. The van der Waals surface area contributed by atoms with Crippen LogP contribution in [-0.2, 0) is 4.79 Å². The molecule has 0 N–H and O–H groups in total. The topological polar surface area (TPSA) is 44.1 Å². The van der Waals surface area contributed by atoms with E-state index in [4.69, 9.17) is 5.26 Å². The number of rotatable bonds is 6. The van der Waals surface area contributed by atoms with Crippen molar-refractivity contribution in [3.8, 4) is 6.07 Å². The van der Waals surface area contributed by atoms with Crippen LogP contribution in [0.5, 0.6) is 0 Å². The first-order valence-electron chi connectivity index (χ1n) is 7.38. The van der Waals surface area contributed by atoms with Crippen molar-refractivity contribution in [3.63, 3.8) is 0 Å². The van der Waals surface area contributed by atoms with E-state index in [9.17, 15) is 4.79 Å². The van der Waals surface area contributed by atoms with E-state index in [-0.39, 0.29) is 18.4 Å². The van der Waals surface area contributed by atoms with Gasteiger partial charge in [0.15, 0.2) is 0 Å². The average molecular weight is 250 g/mol. The molecule has 0 aromatic heterocycles. The summed E-state index contributed by atoms with van der Waals surface area (Å²) in [7, 11) is 0. The number of amides is 1. The monoisotopic (exact) mass is 250 g/mol. The molecule has 0 heterocycles. The van der Waals surface area contributed by atoms with Crippen LogP contribution < -0.4 is 0 Å². The van der Waals surface area contributed by atoms with Gasteiger partial charge in [0.1, 0.15) is 6.54 Å². The van der Waals surface area contributed by atoms with E-state index in [1.165, 1.54) is 32.1 Å². The van der Waals surface area contributed by atoms with Crippen molar-refractivity contribution in [1.29, 1.82) is 5.26 Å². The summed E-state index contributed by atoms with van der Waals surface area (Å²) in [5.74, 6) is 1.21. The van der Waals surface area contributed by atoms with Crippen LogP contribution in [0.2, 0.25) is 0 Å². The third-order valence-electron chi connectivity index (χ3n) is 4.12. The standard InChI is InChI=1S/C15H26N2O/c1-3-5-6-13-7-9-14(10-8-13)15(18)17(4-2)12-11-16/h13-14H,3-10,12H2,1-2H3. The molecule has 0 saturated heterocycles. The number of hydrogen-bond acceptors (Lipinski definition) is 2. The highest BCUT2D eigenvalue weighted by molar-refractivity contribution is 5.79. The molecule has 1 fully saturated rings. The van der Waals surface area contributed by atoms with Gasteiger partial charge in [-0.25, -0.2) is 0 Å². The van der Waals surface area contributed by atoms with Gasteiger partial charge in [-0.15, -0.1) is 0 Å². The molecule has 102 valence electrons. The third kappa shape index (κ3) is 4.33. The van der Waals surface area contributed by atoms with Crippen LogP contribution in [0.15, 0.2) is 0 Å². The average Bonchev–Trinajstić information content (AvgIpc) is 2.42. The van der Waals surface area contributed by atoms with Crippen molar-refractivity contribution in [3.05, 3.63) is 0 Å². The molecule has 1 amide bonds. The van der Waals surface area contributed by atoms with E-state index in [0.29, 0.717) is 6.54 Å². The Labute approximate surface area is 111 Å². The van der Waals surface area contributed by atoms with Gasteiger partial charge in [-0.2, -0.15) is 5.26 Å². The maximum absolute atomic E-state index is 12.2. The Balaban J connectivity index is 2.37. The molecule has 0 aromatic rings. The van der Waals surface area contributed by atoms with Crippen molar-refractivity contribution in [2.75, 3.05) is 13.1 Å². The predicted molar refractivity (Wildman–Crippen MR) is 72.8 cm³/mol. The summed E-state index contributed by atoms with van der Waals surface area (Å²) in [5.41, 5.74) is 0. The SMILES string of the molecule is CCCCC1CCC(C(=O)N(CC)CC#N)CC1. The van der Waals surface area contributed by atoms with Crippen molar-refractivity contribution in [2.45, 2.75) is 58.8 Å². The largest absolute Gasteiger partial charge is 0.329 e. The summed E-state index contributed by atoms with van der Waals surface area (Å²) in [6.07, 6.45) is 8.35. The molecule has 1 rings (SSSR count).